The van der Waals surface area contributed by atoms with E-state index in [1.165, 1.54) is 6.26 Å². The standard InChI is InChI=1S/C9H14O3S3/c1-7(2)9(13)14-4-3-8-5-12-15(10,11)6-8/h5,7H,3-4,6H2,1-2H3. The van der Waals surface area contributed by atoms with Crippen LogP contribution in [-0.4, -0.2) is 24.1 Å². The summed E-state index contributed by atoms with van der Waals surface area (Å²) in [5, 5.41) is 0. The smallest absolute Gasteiger partial charge is 0.312 e. The van der Waals surface area contributed by atoms with Crippen molar-refractivity contribution < 1.29 is 12.6 Å². The van der Waals surface area contributed by atoms with E-state index < -0.39 is 10.1 Å². The molecule has 15 heavy (non-hydrogen) atoms. The predicted molar refractivity (Wildman–Crippen MR) is 67.5 cm³/mol. The maximum absolute atomic E-state index is 10.9. The maximum Gasteiger partial charge on any atom is 0.312 e. The van der Waals surface area contributed by atoms with Crippen molar-refractivity contribution in [1.29, 1.82) is 0 Å². The molecule has 0 fully saturated rings. The molecule has 1 aliphatic heterocycles. The van der Waals surface area contributed by atoms with Gasteiger partial charge in [0.15, 0.2) is 0 Å². The van der Waals surface area contributed by atoms with Gasteiger partial charge >= 0.3 is 10.1 Å². The van der Waals surface area contributed by atoms with Gasteiger partial charge < -0.3 is 4.18 Å². The molecule has 86 valence electrons. The minimum absolute atomic E-state index is 0.0298. The topological polar surface area (TPSA) is 43.4 Å². The first-order chi connectivity index (χ1) is 6.91. The number of thioether (sulfide) groups is 1. The van der Waals surface area contributed by atoms with Gasteiger partial charge in [0.05, 0.1) is 4.20 Å². The average Bonchev–Trinajstić information content (AvgIpc) is 2.45. The lowest BCUT2D eigenvalue weighted by molar-refractivity contribution is 0.457. The van der Waals surface area contributed by atoms with Crippen molar-refractivity contribution >= 4 is 38.3 Å². The second-order valence-corrected chi connectivity index (χ2v) is 7.08. The minimum Gasteiger partial charge on any atom is -0.390 e. The van der Waals surface area contributed by atoms with Gasteiger partial charge in [0.25, 0.3) is 0 Å². The lowest BCUT2D eigenvalue weighted by Gasteiger charge is -2.05. The Balaban J connectivity index is 2.26. The second-order valence-electron chi connectivity index (χ2n) is 3.65. The Morgan fingerprint density at radius 1 is 1.67 bits per heavy atom. The Morgan fingerprint density at radius 2 is 2.33 bits per heavy atom. The van der Waals surface area contributed by atoms with Gasteiger partial charge in [0, 0.05) is 5.75 Å². The Hall–Kier alpha value is -0.0700. The summed E-state index contributed by atoms with van der Waals surface area (Å²) in [7, 11) is -3.30. The molecule has 1 rings (SSSR count). The van der Waals surface area contributed by atoms with E-state index >= 15 is 0 Å². The zero-order valence-electron chi connectivity index (χ0n) is 8.73. The zero-order chi connectivity index (χ0) is 11.5. The van der Waals surface area contributed by atoms with Crippen molar-refractivity contribution in [3.8, 4) is 0 Å². The van der Waals surface area contributed by atoms with E-state index in [0.717, 1.165) is 21.9 Å². The van der Waals surface area contributed by atoms with Crippen LogP contribution in [0.5, 0.6) is 0 Å². The van der Waals surface area contributed by atoms with E-state index in [0.29, 0.717) is 5.92 Å². The highest BCUT2D eigenvalue weighted by Gasteiger charge is 2.20. The van der Waals surface area contributed by atoms with Gasteiger partial charge in [-0.1, -0.05) is 26.1 Å². The summed E-state index contributed by atoms with van der Waals surface area (Å²) in [6.07, 6.45) is 2.06. The third kappa shape index (κ3) is 4.53. The van der Waals surface area contributed by atoms with Crippen LogP contribution in [0.15, 0.2) is 11.8 Å². The molecule has 0 saturated carbocycles. The maximum atomic E-state index is 10.9. The summed E-state index contributed by atoms with van der Waals surface area (Å²) in [5.74, 6) is 1.24. The number of hydrogen-bond donors (Lipinski definition) is 0. The molecule has 0 unspecified atom stereocenters. The van der Waals surface area contributed by atoms with Gasteiger partial charge in [-0.2, -0.15) is 8.42 Å². The van der Waals surface area contributed by atoms with Crippen LogP contribution in [-0.2, 0) is 14.3 Å². The zero-order valence-corrected chi connectivity index (χ0v) is 11.2. The molecule has 0 saturated heterocycles. The van der Waals surface area contributed by atoms with Crippen LogP contribution >= 0.6 is 24.0 Å². The van der Waals surface area contributed by atoms with Crippen LogP contribution in [0.2, 0.25) is 0 Å². The van der Waals surface area contributed by atoms with Crippen molar-refractivity contribution in [2.24, 2.45) is 5.92 Å². The largest absolute Gasteiger partial charge is 0.390 e. The summed E-state index contributed by atoms with van der Waals surface area (Å²) in [4.78, 5) is 0. The summed E-state index contributed by atoms with van der Waals surface area (Å²) >= 11 is 6.77. The van der Waals surface area contributed by atoms with Gasteiger partial charge in [-0.05, 0) is 17.9 Å². The molecule has 0 spiro atoms. The molecule has 0 radical (unpaired) electrons. The Labute approximate surface area is 100 Å². The van der Waals surface area contributed by atoms with Gasteiger partial charge in [0.2, 0.25) is 0 Å². The van der Waals surface area contributed by atoms with Crippen LogP contribution in [0.1, 0.15) is 20.3 Å². The molecule has 0 amide bonds. The first-order valence-electron chi connectivity index (χ1n) is 4.66. The van der Waals surface area contributed by atoms with Crippen LogP contribution in [0.4, 0.5) is 0 Å². The predicted octanol–water partition coefficient (Wildman–Crippen LogP) is 2.34. The average molecular weight is 266 g/mol. The molecular weight excluding hydrogens is 252 g/mol. The number of thiocarbonyl (C=S) groups is 1. The first-order valence-corrected chi connectivity index (χ1v) is 7.63. The molecule has 0 aromatic rings. The van der Waals surface area contributed by atoms with Crippen molar-refractivity contribution in [2.45, 2.75) is 20.3 Å². The summed E-state index contributed by atoms with van der Waals surface area (Å²) in [6.45, 7) is 4.11. The highest BCUT2D eigenvalue weighted by atomic mass is 32.2. The Bertz CT molecular complexity index is 368. The lowest BCUT2D eigenvalue weighted by atomic mass is 10.3. The van der Waals surface area contributed by atoms with E-state index in [1.807, 2.05) is 0 Å². The molecule has 6 heteroatoms. The molecular formula is C9H14O3S3. The molecule has 0 aromatic carbocycles. The third-order valence-electron chi connectivity index (χ3n) is 1.86. The van der Waals surface area contributed by atoms with Gasteiger partial charge in [0.1, 0.15) is 12.0 Å². The number of hydrogen-bond acceptors (Lipinski definition) is 5. The van der Waals surface area contributed by atoms with E-state index in [4.69, 9.17) is 12.2 Å². The summed E-state index contributed by atoms with van der Waals surface area (Å²) in [6, 6.07) is 0. The quantitative estimate of drug-likeness (QED) is 0.577. The molecule has 3 nitrogen and oxygen atoms in total. The monoisotopic (exact) mass is 266 g/mol. The highest BCUT2D eigenvalue weighted by Crippen LogP contribution is 2.20. The van der Waals surface area contributed by atoms with Crippen molar-refractivity contribution in [3.63, 3.8) is 0 Å². The van der Waals surface area contributed by atoms with Crippen LogP contribution in [0, 0.1) is 5.92 Å². The van der Waals surface area contributed by atoms with E-state index in [2.05, 4.69) is 18.0 Å². The van der Waals surface area contributed by atoms with Crippen LogP contribution in [0.3, 0.4) is 0 Å². The molecule has 0 aliphatic carbocycles. The molecule has 0 bridgehead atoms. The van der Waals surface area contributed by atoms with Crippen LogP contribution in [0.25, 0.3) is 0 Å². The fourth-order valence-electron chi connectivity index (χ4n) is 1.02. The van der Waals surface area contributed by atoms with Crippen molar-refractivity contribution in [3.05, 3.63) is 11.8 Å². The SMILES string of the molecule is CC(C)C(=S)SCCC1=COS(=O)(=O)C1. The van der Waals surface area contributed by atoms with E-state index in [9.17, 15) is 8.42 Å². The van der Waals surface area contributed by atoms with Gasteiger partial charge in [-0.15, -0.1) is 11.8 Å². The van der Waals surface area contributed by atoms with Gasteiger partial charge in [-0.25, -0.2) is 0 Å². The Morgan fingerprint density at radius 3 is 2.80 bits per heavy atom. The molecule has 1 heterocycles. The Kier molecular flexibility index (Phi) is 4.61. The van der Waals surface area contributed by atoms with Gasteiger partial charge in [-0.3, -0.25) is 0 Å². The normalized spacial score (nSPS) is 18.7. The molecule has 0 atom stereocenters. The fraction of sp³-hybridized carbons (Fsp3) is 0.667. The third-order valence-corrected chi connectivity index (χ3v) is 4.97. The summed E-state index contributed by atoms with van der Waals surface area (Å²) in [5.41, 5.74) is 0.828. The van der Waals surface area contributed by atoms with Crippen molar-refractivity contribution in [1.82, 2.24) is 0 Å². The van der Waals surface area contributed by atoms with Crippen molar-refractivity contribution in [2.75, 3.05) is 11.5 Å². The van der Waals surface area contributed by atoms with E-state index in [-0.39, 0.29) is 5.75 Å². The lowest BCUT2D eigenvalue weighted by Crippen LogP contribution is -2.03. The second kappa shape index (κ2) is 5.32. The minimum atomic E-state index is -3.30. The highest BCUT2D eigenvalue weighted by molar-refractivity contribution is 8.23. The molecule has 0 aromatic heterocycles. The van der Waals surface area contributed by atoms with Crippen LogP contribution < -0.4 is 0 Å². The molecule has 1 aliphatic rings. The fourth-order valence-corrected chi connectivity index (χ4v) is 3.18. The first kappa shape index (κ1) is 13.0. The number of rotatable bonds is 4. The molecule has 0 N–H and O–H groups in total. The summed E-state index contributed by atoms with van der Waals surface area (Å²) < 4.78 is 27.4. The van der Waals surface area contributed by atoms with E-state index in [1.54, 1.807) is 11.8 Å².